The number of fused-ring (bicyclic) bond motifs is 1. The number of amides is 1. The summed E-state index contributed by atoms with van der Waals surface area (Å²) >= 11 is 3.45. The lowest BCUT2D eigenvalue weighted by molar-refractivity contribution is -0.136. The maximum absolute atomic E-state index is 13.8. The van der Waals surface area contributed by atoms with Crippen LogP contribution in [0.1, 0.15) is 58.8 Å². The Morgan fingerprint density at radius 1 is 1.06 bits per heavy atom. The van der Waals surface area contributed by atoms with Gasteiger partial charge in [-0.1, -0.05) is 48.0 Å². The SMILES string of the molecule is COc1ccc(C(=O)CC2(O)C(=O)N(Cc3cc(C(C)C)ccc3C)c3ccc(Br)cc32)c(OC)c1. The van der Waals surface area contributed by atoms with Crippen LogP contribution in [0.25, 0.3) is 0 Å². The predicted octanol–water partition coefficient (Wildman–Crippen LogP) is 5.91. The van der Waals surface area contributed by atoms with Gasteiger partial charge in [-0.2, -0.15) is 0 Å². The van der Waals surface area contributed by atoms with Crippen LogP contribution in [0.4, 0.5) is 5.69 Å². The molecule has 0 saturated carbocycles. The summed E-state index contributed by atoms with van der Waals surface area (Å²) in [5, 5.41) is 11.8. The summed E-state index contributed by atoms with van der Waals surface area (Å²) in [5.41, 5.74) is 2.49. The average Bonchev–Trinajstić information content (AvgIpc) is 3.05. The van der Waals surface area contributed by atoms with E-state index in [1.54, 1.807) is 35.2 Å². The van der Waals surface area contributed by atoms with Crippen LogP contribution in [-0.4, -0.2) is 31.0 Å². The zero-order valence-corrected chi connectivity index (χ0v) is 22.7. The zero-order valence-electron chi connectivity index (χ0n) is 21.1. The Kier molecular flexibility index (Phi) is 7.25. The van der Waals surface area contributed by atoms with Crippen molar-refractivity contribution < 1.29 is 24.2 Å². The van der Waals surface area contributed by atoms with E-state index in [0.717, 1.165) is 11.1 Å². The van der Waals surface area contributed by atoms with Crippen LogP contribution < -0.4 is 14.4 Å². The summed E-state index contributed by atoms with van der Waals surface area (Å²) < 4.78 is 11.3. The highest BCUT2D eigenvalue weighted by atomic mass is 79.9. The number of ketones is 1. The molecule has 1 amide bonds. The van der Waals surface area contributed by atoms with Crippen LogP contribution in [0.5, 0.6) is 11.5 Å². The molecule has 1 unspecified atom stereocenters. The van der Waals surface area contributed by atoms with Crippen LogP contribution in [0.15, 0.2) is 59.1 Å². The fourth-order valence-corrected chi connectivity index (χ4v) is 4.96. The molecule has 6 nitrogen and oxygen atoms in total. The van der Waals surface area contributed by atoms with Crippen molar-refractivity contribution in [3.05, 3.63) is 86.9 Å². The van der Waals surface area contributed by atoms with Gasteiger partial charge in [-0.15, -0.1) is 0 Å². The van der Waals surface area contributed by atoms with Crippen LogP contribution in [0.3, 0.4) is 0 Å². The molecular weight excluding hydrogens is 522 g/mol. The second-order valence-electron chi connectivity index (χ2n) is 9.42. The van der Waals surface area contributed by atoms with E-state index in [0.29, 0.717) is 39.7 Å². The number of ether oxygens (including phenoxy) is 2. The molecule has 1 atom stereocenters. The Hall–Kier alpha value is -3.16. The summed E-state index contributed by atoms with van der Waals surface area (Å²) in [4.78, 5) is 28.8. The van der Waals surface area contributed by atoms with E-state index in [1.165, 1.54) is 19.8 Å². The quantitative estimate of drug-likeness (QED) is 0.352. The predicted molar refractivity (Wildman–Crippen MR) is 143 cm³/mol. The topological polar surface area (TPSA) is 76.1 Å². The van der Waals surface area contributed by atoms with E-state index in [-0.39, 0.29) is 5.56 Å². The number of carbonyl (C=O) groups excluding carboxylic acids is 2. The number of aryl methyl sites for hydroxylation is 1. The fourth-order valence-electron chi connectivity index (χ4n) is 4.60. The molecule has 1 N–H and O–H groups in total. The number of halogens is 1. The van der Waals surface area contributed by atoms with Crippen LogP contribution in [0, 0.1) is 6.92 Å². The van der Waals surface area contributed by atoms with Gasteiger partial charge in [0.1, 0.15) is 11.5 Å². The number of methoxy groups -OCH3 is 2. The maximum atomic E-state index is 13.8. The minimum absolute atomic E-state index is 0.273. The summed E-state index contributed by atoms with van der Waals surface area (Å²) in [6.45, 7) is 6.55. The Labute approximate surface area is 220 Å². The highest BCUT2D eigenvalue weighted by molar-refractivity contribution is 9.10. The zero-order chi connectivity index (χ0) is 26.2. The number of Topliss-reactive ketones (excluding diaryl/α,β-unsaturated/α-hetero) is 1. The number of aliphatic hydroxyl groups is 1. The normalized spacial score (nSPS) is 16.9. The molecule has 36 heavy (non-hydrogen) atoms. The molecule has 0 aromatic heterocycles. The first-order valence-electron chi connectivity index (χ1n) is 11.8. The van der Waals surface area contributed by atoms with Crippen molar-refractivity contribution in [3.8, 4) is 11.5 Å². The van der Waals surface area contributed by atoms with Crippen LogP contribution in [0.2, 0.25) is 0 Å². The van der Waals surface area contributed by atoms with Gasteiger partial charge in [-0.05, 0) is 59.9 Å². The van der Waals surface area contributed by atoms with Gasteiger partial charge in [0.05, 0.1) is 38.4 Å². The lowest BCUT2D eigenvalue weighted by Gasteiger charge is -2.24. The maximum Gasteiger partial charge on any atom is 0.264 e. The van der Waals surface area contributed by atoms with Crippen molar-refractivity contribution in [2.45, 2.75) is 45.3 Å². The molecular formula is C29H30BrNO5. The first-order chi connectivity index (χ1) is 17.1. The third-order valence-electron chi connectivity index (χ3n) is 6.79. The molecule has 0 spiro atoms. The first kappa shape index (κ1) is 25.9. The van der Waals surface area contributed by atoms with E-state index >= 15 is 0 Å². The van der Waals surface area contributed by atoms with Crippen LogP contribution in [-0.2, 0) is 16.9 Å². The number of nitrogens with zero attached hydrogens (tertiary/aromatic N) is 1. The fraction of sp³-hybridized carbons (Fsp3) is 0.310. The van der Waals surface area contributed by atoms with Gasteiger partial charge in [0.25, 0.3) is 5.91 Å². The molecule has 0 radical (unpaired) electrons. The number of rotatable bonds is 8. The summed E-state index contributed by atoms with van der Waals surface area (Å²) in [6, 6.07) is 16.4. The molecule has 3 aromatic carbocycles. The van der Waals surface area contributed by atoms with Gasteiger partial charge in [-0.3, -0.25) is 9.59 Å². The molecule has 0 fully saturated rings. The third-order valence-corrected chi connectivity index (χ3v) is 7.28. The van der Waals surface area contributed by atoms with Gasteiger partial charge >= 0.3 is 0 Å². The third kappa shape index (κ3) is 4.65. The molecule has 1 heterocycles. The molecule has 1 aliphatic rings. The van der Waals surface area contributed by atoms with Crippen molar-refractivity contribution in [2.24, 2.45) is 0 Å². The average molecular weight is 552 g/mol. The number of benzene rings is 3. The van der Waals surface area contributed by atoms with Crippen molar-refractivity contribution in [1.82, 2.24) is 0 Å². The highest BCUT2D eigenvalue weighted by Crippen LogP contribution is 2.45. The summed E-state index contributed by atoms with van der Waals surface area (Å²) in [7, 11) is 2.99. The molecule has 4 rings (SSSR count). The molecule has 0 aliphatic carbocycles. The second-order valence-corrected chi connectivity index (χ2v) is 10.3. The van der Waals surface area contributed by atoms with Gasteiger partial charge in [0.2, 0.25) is 0 Å². The first-order valence-corrected chi connectivity index (χ1v) is 12.6. The number of hydrogen-bond acceptors (Lipinski definition) is 5. The van der Waals surface area contributed by atoms with E-state index in [9.17, 15) is 14.7 Å². The molecule has 0 saturated heterocycles. The summed E-state index contributed by atoms with van der Waals surface area (Å²) in [6.07, 6.45) is -0.417. The Bertz CT molecular complexity index is 1340. The van der Waals surface area contributed by atoms with Gasteiger partial charge in [0, 0.05) is 16.1 Å². The summed E-state index contributed by atoms with van der Waals surface area (Å²) in [5.74, 6) is 0.275. The molecule has 1 aliphatic heterocycles. The smallest absolute Gasteiger partial charge is 0.264 e. The standard InChI is InChI=1S/C29H30BrNO5/c1-17(2)19-7-6-18(3)20(12-19)16-31-25-11-8-21(30)13-24(25)29(34,28(31)33)15-26(32)23-10-9-22(35-4)14-27(23)36-5/h6-14,17,34H,15-16H2,1-5H3. The lowest BCUT2D eigenvalue weighted by Crippen LogP contribution is -2.41. The van der Waals surface area contributed by atoms with Gasteiger partial charge in [-0.25, -0.2) is 0 Å². The van der Waals surface area contributed by atoms with Crippen molar-refractivity contribution in [2.75, 3.05) is 19.1 Å². The van der Waals surface area contributed by atoms with Crippen molar-refractivity contribution in [3.63, 3.8) is 0 Å². The molecule has 0 bridgehead atoms. The van der Waals surface area contributed by atoms with Crippen molar-refractivity contribution >= 4 is 33.3 Å². The minimum Gasteiger partial charge on any atom is -0.497 e. The Morgan fingerprint density at radius 3 is 2.47 bits per heavy atom. The minimum atomic E-state index is -2.01. The van der Waals surface area contributed by atoms with Crippen molar-refractivity contribution in [1.29, 1.82) is 0 Å². The largest absolute Gasteiger partial charge is 0.497 e. The van der Waals surface area contributed by atoms with Gasteiger partial charge < -0.3 is 19.5 Å². The Balaban J connectivity index is 1.72. The van der Waals surface area contributed by atoms with E-state index in [1.807, 2.05) is 13.0 Å². The lowest BCUT2D eigenvalue weighted by atomic mass is 9.88. The molecule has 7 heteroatoms. The molecule has 188 valence electrons. The number of carbonyl (C=O) groups is 2. The Morgan fingerprint density at radius 2 is 1.81 bits per heavy atom. The van der Waals surface area contributed by atoms with E-state index in [4.69, 9.17) is 9.47 Å². The van der Waals surface area contributed by atoms with Gasteiger partial charge in [0.15, 0.2) is 11.4 Å². The van der Waals surface area contributed by atoms with E-state index in [2.05, 4.69) is 48.0 Å². The monoisotopic (exact) mass is 551 g/mol. The number of hydrogen-bond donors (Lipinski definition) is 1. The second kappa shape index (κ2) is 10.1. The van der Waals surface area contributed by atoms with E-state index < -0.39 is 23.7 Å². The number of anilines is 1. The van der Waals surface area contributed by atoms with Crippen LogP contribution >= 0.6 is 15.9 Å². The molecule has 3 aromatic rings. The highest BCUT2D eigenvalue weighted by Gasteiger charge is 2.51.